The number of carbonyl (C=O) groups is 1. The number of nitrogens with one attached hydrogen (secondary N) is 1. The molecule has 0 spiro atoms. The number of ether oxygens (including phenoxy) is 1. The molecule has 0 bridgehead atoms. The molecule has 2 aromatic carbocycles. The lowest BCUT2D eigenvalue weighted by Gasteiger charge is -2.37. The third-order valence-corrected chi connectivity index (χ3v) is 5.56. The van der Waals surface area contributed by atoms with Crippen LogP contribution in [0, 0.1) is 0 Å². The molecular formula is C21H20N2O2S. The predicted molar refractivity (Wildman–Crippen MR) is 105 cm³/mol. The zero-order chi connectivity index (χ0) is 17.9. The van der Waals surface area contributed by atoms with Crippen LogP contribution in [0.1, 0.15) is 27.0 Å². The predicted octanol–water partition coefficient (Wildman–Crippen LogP) is 4.57. The van der Waals surface area contributed by atoms with Crippen molar-refractivity contribution >= 4 is 22.9 Å². The van der Waals surface area contributed by atoms with Crippen molar-refractivity contribution in [3.05, 3.63) is 82.0 Å². The van der Waals surface area contributed by atoms with Gasteiger partial charge in [0.1, 0.15) is 11.9 Å². The van der Waals surface area contributed by atoms with Gasteiger partial charge in [0, 0.05) is 17.1 Å². The molecule has 5 heteroatoms. The van der Waals surface area contributed by atoms with Crippen LogP contribution in [0.4, 0.5) is 5.69 Å². The summed E-state index contributed by atoms with van der Waals surface area (Å²) in [6.07, 6.45) is 0.664. The Labute approximate surface area is 157 Å². The number of para-hydroxylation sites is 1. The number of fused-ring (bicyclic) bond motifs is 1. The van der Waals surface area contributed by atoms with Gasteiger partial charge in [0.2, 0.25) is 0 Å². The number of carbonyl (C=O) groups excluding carboxylic acids is 1. The van der Waals surface area contributed by atoms with Gasteiger partial charge in [0.15, 0.2) is 0 Å². The first-order chi connectivity index (χ1) is 12.8. The van der Waals surface area contributed by atoms with Gasteiger partial charge in [0.25, 0.3) is 5.91 Å². The van der Waals surface area contributed by atoms with Crippen LogP contribution in [0.15, 0.2) is 66.0 Å². The number of rotatable bonds is 5. The van der Waals surface area contributed by atoms with Crippen LogP contribution in [-0.4, -0.2) is 24.5 Å². The fourth-order valence-electron chi connectivity index (χ4n) is 3.24. The van der Waals surface area contributed by atoms with E-state index in [0.29, 0.717) is 6.54 Å². The monoisotopic (exact) mass is 364 g/mol. The molecule has 1 aliphatic rings. The van der Waals surface area contributed by atoms with Crippen LogP contribution < -0.4 is 10.1 Å². The third-order valence-electron chi connectivity index (χ3n) is 4.64. The molecule has 0 fully saturated rings. The molecule has 4 rings (SSSR count). The van der Waals surface area contributed by atoms with E-state index in [1.54, 1.807) is 18.4 Å². The van der Waals surface area contributed by atoms with Crippen LogP contribution in [0.25, 0.3) is 0 Å². The van der Waals surface area contributed by atoms with Crippen molar-refractivity contribution < 1.29 is 9.53 Å². The Balaban J connectivity index is 1.59. The number of hydrogen-bond donors (Lipinski definition) is 1. The Morgan fingerprint density at radius 1 is 1.08 bits per heavy atom. The minimum atomic E-state index is -0.129. The van der Waals surface area contributed by atoms with Crippen molar-refractivity contribution in [2.24, 2.45) is 0 Å². The summed E-state index contributed by atoms with van der Waals surface area (Å²) in [5.41, 5.74) is 2.81. The minimum Gasteiger partial charge on any atom is -0.497 e. The molecule has 1 amide bonds. The molecule has 1 aliphatic heterocycles. The fourth-order valence-corrected chi connectivity index (χ4v) is 4.02. The number of thiophene rings is 1. The number of hydrogen-bond acceptors (Lipinski definition) is 4. The second kappa shape index (κ2) is 7.22. The van der Waals surface area contributed by atoms with Crippen LogP contribution in [0.5, 0.6) is 5.75 Å². The maximum absolute atomic E-state index is 13.1. The van der Waals surface area contributed by atoms with E-state index in [1.165, 1.54) is 5.56 Å². The number of nitrogens with zero attached hydrogens (tertiary/aromatic N) is 1. The van der Waals surface area contributed by atoms with Crippen molar-refractivity contribution in [3.63, 3.8) is 0 Å². The Kier molecular flexibility index (Phi) is 4.63. The molecule has 1 atom stereocenters. The lowest BCUT2D eigenvalue weighted by molar-refractivity contribution is 0.0688. The van der Waals surface area contributed by atoms with Gasteiger partial charge in [-0.25, -0.2) is 0 Å². The van der Waals surface area contributed by atoms with Gasteiger partial charge >= 0.3 is 0 Å². The molecule has 1 N–H and O–H groups in total. The van der Waals surface area contributed by atoms with Gasteiger partial charge in [-0.1, -0.05) is 30.3 Å². The lowest BCUT2D eigenvalue weighted by atomic mass is 10.1. The van der Waals surface area contributed by atoms with Gasteiger partial charge in [-0.05, 0) is 47.7 Å². The fraction of sp³-hybridized carbons (Fsp3) is 0.190. The van der Waals surface area contributed by atoms with Crippen molar-refractivity contribution in [1.82, 2.24) is 4.90 Å². The van der Waals surface area contributed by atoms with E-state index in [1.807, 2.05) is 52.7 Å². The molecule has 3 aromatic rings. The van der Waals surface area contributed by atoms with E-state index in [-0.39, 0.29) is 12.1 Å². The van der Waals surface area contributed by atoms with E-state index in [2.05, 4.69) is 23.5 Å². The second-order valence-corrected chi connectivity index (χ2v) is 7.18. The van der Waals surface area contributed by atoms with E-state index >= 15 is 0 Å². The summed E-state index contributed by atoms with van der Waals surface area (Å²) >= 11 is 1.66. The van der Waals surface area contributed by atoms with Crippen molar-refractivity contribution in [1.29, 1.82) is 0 Å². The number of amides is 1. The zero-order valence-corrected chi connectivity index (χ0v) is 15.3. The zero-order valence-electron chi connectivity index (χ0n) is 14.5. The average Bonchev–Trinajstić information content (AvgIpc) is 3.22. The Hall–Kier alpha value is -2.79. The van der Waals surface area contributed by atoms with Gasteiger partial charge < -0.3 is 15.0 Å². The van der Waals surface area contributed by atoms with Gasteiger partial charge in [-0.2, -0.15) is 0 Å². The molecule has 1 aromatic heterocycles. The number of benzene rings is 2. The summed E-state index contributed by atoms with van der Waals surface area (Å²) in [7, 11) is 1.66. The first-order valence-corrected chi connectivity index (χ1v) is 9.47. The van der Waals surface area contributed by atoms with Gasteiger partial charge in [0.05, 0.1) is 12.7 Å². The largest absolute Gasteiger partial charge is 0.497 e. The average molecular weight is 364 g/mol. The summed E-state index contributed by atoms with van der Waals surface area (Å²) in [5, 5.41) is 5.58. The highest BCUT2D eigenvalue weighted by molar-refractivity contribution is 7.10. The Morgan fingerprint density at radius 3 is 2.62 bits per heavy atom. The summed E-state index contributed by atoms with van der Waals surface area (Å²) in [5.74, 6) is 0.918. The molecule has 1 unspecified atom stereocenters. The third kappa shape index (κ3) is 3.18. The SMILES string of the molecule is COc1ccc(CCN2C(=O)c3ccccc3NC2c2cccs2)cc1. The molecule has 0 saturated heterocycles. The molecule has 0 saturated carbocycles. The topological polar surface area (TPSA) is 41.6 Å². The molecule has 2 heterocycles. The molecular weight excluding hydrogens is 344 g/mol. The normalized spacial score (nSPS) is 16.1. The van der Waals surface area contributed by atoms with Crippen LogP contribution in [0.2, 0.25) is 0 Å². The molecule has 0 aliphatic carbocycles. The highest BCUT2D eigenvalue weighted by Crippen LogP contribution is 2.34. The van der Waals surface area contributed by atoms with E-state index in [9.17, 15) is 4.79 Å². The van der Waals surface area contributed by atoms with Crippen molar-refractivity contribution in [2.75, 3.05) is 19.0 Å². The molecule has 4 nitrogen and oxygen atoms in total. The van der Waals surface area contributed by atoms with Crippen LogP contribution in [-0.2, 0) is 6.42 Å². The highest BCUT2D eigenvalue weighted by Gasteiger charge is 2.32. The maximum Gasteiger partial charge on any atom is 0.257 e. The highest BCUT2D eigenvalue weighted by atomic mass is 32.1. The second-order valence-electron chi connectivity index (χ2n) is 6.20. The van der Waals surface area contributed by atoms with E-state index in [4.69, 9.17) is 4.74 Å². The lowest BCUT2D eigenvalue weighted by Crippen LogP contribution is -2.43. The Morgan fingerprint density at radius 2 is 1.88 bits per heavy atom. The van der Waals surface area contributed by atoms with Crippen molar-refractivity contribution in [3.8, 4) is 5.75 Å². The van der Waals surface area contributed by atoms with Gasteiger partial charge in [-0.15, -0.1) is 11.3 Å². The standard InChI is InChI=1S/C21H20N2O2S/c1-25-16-10-8-15(9-11-16)12-13-23-20(19-7-4-14-26-19)22-18-6-3-2-5-17(18)21(23)24/h2-11,14,20,22H,12-13H2,1H3. The number of methoxy groups -OCH3 is 1. The minimum absolute atomic E-state index is 0.0752. The van der Waals surface area contributed by atoms with Crippen molar-refractivity contribution in [2.45, 2.75) is 12.6 Å². The van der Waals surface area contributed by atoms with Gasteiger partial charge in [-0.3, -0.25) is 4.79 Å². The summed E-state index contributed by atoms with van der Waals surface area (Å²) in [6.45, 7) is 0.648. The first kappa shape index (κ1) is 16.7. The van der Waals surface area contributed by atoms with Crippen LogP contribution in [0.3, 0.4) is 0 Å². The summed E-state index contributed by atoms with van der Waals surface area (Å²) in [4.78, 5) is 16.2. The number of anilines is 1. The molecule has 26 heavy (non-hydrogen) atoms. The van der Waals surface area contributed by atoms with E-state index in [0.717, 1.165) is 28.3 Å². The molecule has 0 radical (unpaired) electrons. The summed E-state index contributed by atoms with van der Waals surface area (Å²) < 4.78 is 5.21. The van der Waals surface area contributed by atoms with E-state index < -0.39 is 0 Å². The molecule has 132 valence electrons. The smallest absolute Gasteiger partial charge is 0.257 e. The summed E-state index contributed by atoms with van der Waals surface area (Å²) in [6, 6.07) is 19.8. The maximum atomic E-state index is 13.1. The quantitative estimate of drug-likeness (QED) is 0.721. The Bertz CT molecular complexity index is 891. The first-order valence-electron chi connectivity index (χ1n) is 8.59. The van der Waals surface area contributed by atoms with Crippen LogP contribution >= 0.6 is 11.3 Å².